The molecule has 4 aromatic rings. The highest BCUT2D eigenvalue weighted by Gasteiger charge is 2.11. The van der Waals surface area contributed by atoms with Gasteiger partial charge in [0.2, 0.25) is 0 Å². The second kappa shape index (κ2) is 4.67. The summed E-state index contributed by atoms with van der Waals surface area (Å²) < 4.78 is 5.49. The molecule has 2 heteroatoms. The summed E-state index contributed by atoms with van der Waals surface area (Å²) in [5.74, 6) is 0.881. The lowest BCUT2D eigenvalue weighted by Gasteiger charge is -2.07. The van der Waals surface area contributed by atoms with E-state index in [-0.39, 0.29) is 0 Å². The van der Waals surface area contributed by atoms with Gasteiger partial charge in [-0.1, -0.05) is 48.5 Å². The summed E-state index contributed by atoms with van der Waals surface area (Å²) in [6.07, 6.45) is 0. The van der Waals surface area contributed by atoms with Gasteiger partial charge >= 0.3 is 0 Å². The van der Waals surface area contributed by atoms with E-state index in [1.807, 2.05) is 6.07 Å². The molecule has 1 N–H and O–H groups in total. The Morgan fingerprint density at radius 2 is 1.57 bits per heavy atom. The molecule has 0 bridgehead atoms. The summed E-state index contributed by atoms with van der Waals surface area (Å²) in [4.78, 5) is 3.54. The van der Waals surface area contributed by atoms with Crippen LogP contribution in [0.4, 0.5) is 0 Å². The van der Waals surface area contributed by atoms with Crippen molar-refractivity contribution in [3.8, 4) is 16.9 Å². The van der Waals surface area contributed by atoms with E-state index in [1.54, 1.807) is 7.11 Å². The quantitative estimate of drug-likeness (QED) is 0.546. The van der Waals surface area contributed by atoms with E-state index in [9.17, 15) is 0 Å². The van der Waals surface area contributed by atoms with Crippen LogP contribution >= 0.6 is 0 Å². The molecule has 1 aromatic heterocycles. The number of aromatic amines is 1. The Morgan fingerprint density at radius 3 is 2.38 bits per heavy atom. The van der Waals surface area contributed by atoms with E-state index in [1.165, 1.54) is 21.9 Å². The molecule has 0 spiro atoms. The van der Waals surface area contributed by atoms with Crippen molar-refractivity contribution in [1.29, 1.82) is 0 Å². The van der Waals surface area contributed by atoms with E-state index < -0.39 is 0 Å². The van der Waals surface area contributed by atoms with Crippen LogP contribution in [0.15, 0.2) is 66.7 Å². The molecule has 102 valence electrons. The number of H-pyrrole nitrogens is 1. The number of fused-ring (bicyclic) bond motifs is 3. The summed E-state index contributed by atoms with van der Waals surface area (Å²) in [6.45, 7) is 0. The molecule has 4 rings (SSSR count). The van der Waals surface area contributed by atoms with Crippen LogP contribution in [0.2, 0.25) is 0 Å². The smallest absolute Gasteiger partial charge is 0.120 e. The fraction of sp³-hybridized carbons (Fsp3) is 0.0526. The zero-order valence-corrected chi connectivity index (χ0v) is 11.8. The average Bonchev–Trinajstić information content (AvgIpc) is 2.93. The molecule has 0 unspecified atom stereocenters. The van der Waals surface area contributed by atoms with Gasteiger partial charge in [0.15, 0.2) is 0 Å². The van der Waals surface area contributed by atoms with Crippen molar-refractivity contribution >= 4 is 21.8 Å². The summed E-state index contributed by atoms with van der Waals surface area (Å²) in [5.41, 5.74) is 4.66. The molecular weight excluding hydrogens is 258 g/mol. The molecule has 3 aromatic carbocycles. The van der Waals surface area contributed by atoms with Crippen LogP contribution < -0.4 is 4.74 Å². The lowest BCUT2D eigenvalue weighted by molar-refractivity contribution is 0.415. The van der Waals surface area contributed by atoms with Gasteiger partial charge in [-0.25, -0.2) is 0 Å². The molecule has 0 fully saturated rings. The Balaban J connectivity index is 2.14. The summed E-state index contributed by atoms with van der Waals surface area (Å²) in [5, 5.41) is 2.42. The van der Waals surface area contributed by atoms with E-state index in [0.29, 0.717) is 0 Å². The number of ether oxygens (including phenoxy) is 1. The third-order valence-electron chi connectivity index (χ3n) is 3.91. The molecular formula is C19H15NO. The molecule has 0 saturated carbocycles. The number of rotatable bonds is 2. The summed E-state index contributed by atoms with van der Waals surface area (Å²) >= 11 is 0. The van der Waals surface area contributed by atoms with Crippen LogP contribution in [0.3, 0.4) is 0 Å². The molecule has 1 heterocycles. The first-order chi connectivity index (χ1) is 10.4. The third-order valence-corrected chi connectivity index (χ3v) is 3.91. The average molecular weight is 273 g/mol. The van der Waals surface area contributed by atoms with Gasteiger partial charge in [0.05, 0.1) is 12.6 Å². The van der Waals surface area contributed by atoms with Crippen molar-refractivity contribution in [3.05, 3.63) is 66.7 Å². The van der Waals surface area contributed by atoms with E-state index in [0.717, 1.165) is 16.8 Å². The number of hydrogen-bond acceptors (Lipinski definition) is 1. The molecule has 21 heavy (non-hydrogen) atoms. The van der Waals surface area contributed by atoms with Crippen molar-refractivity contribution < 1.29 is 4.74 Å². The largest absolute Gasteiger partial charge is 0.497 e. The number of hydrogen-bond donors (Lipinski definition) is 1. The van der Waals surface area contributed by atoms with Crippen molar-refractivity contribution in [2.24, 2.45) is 0 Å². The lowest BCUT2D eigenvalue weighted by atomic mass is 10.0. The van der Waals surface area contributed by atoms with Crippen molar-refractivity contribution in [2.75, 3.05) is 7.11 Å². The molecule has 0 aliphatic rings. The first-order valence-electron chi connectivity index (χ1n) is 7.01. The number of methoxy groups -OCH3 is 1. The highest BCUT2D eigenvalue weighted by molar-refractivity contribution is 6.12. The SMILES string of the molecule is COc1cc(-c2ccccc2)c2[nH]c3ccccc3c2c1. The molecule has 0 aliphatic carbocycles. The number of para-hydroxylation sites is 1. The predicted molar refractivity (Wildman–Crippen MR) is 87.8 cm³/mol. The Bertz CT molecular complexity index is 922. The van der Waals surface area contributed by atoms with Crippen LogP contribution in [0, 0.1) is 0 Å². The van der Waals surface area contributed by atoms with Gasteiger partial charge in [-0.2, -0.15) is 0 Å². The lowest BCUT2D eigenvalue weighted by Crippen LogP contribution is -1.86. The van der Waals surface area contributed by atoms with Gasteiger partial charge in [-0.15, -0.1) is 0 Å². The van der Waals surface area contributed by atoms with Crippen molar-refractivity contribution in [1.82, 2.24) is 4.98 Å². The first-order valence-corrected chi connectivity index (χ1v) is 7.01. The fourth-order valence-corrected chi connectivity index (χ4v) is 2.89. The second-order valence-corrected chi connectivity index (χ2v) is 5.13. The maximum atomic E-state index is 5.49. The highest BCUT2D eigenvalue weighted by atomic mass is 16.5. The Hall–Kier alpha value is -2.74. The van der Waals surface area contributed by atoms with Crippen LogP contribution in [-0.4, -0.2) is 12.1 Å². The summed E-state index contributed by atoms with van der Waals surface area (Å²) in [6, 6.07) is 23.0. The predicted octanol–water partition coefficient (Wildman–Crippen LogP) is 5.00. The minimum absolute atomic E-state index is 0.881. The molecule has 0 amide bonds. The minimum atomic E-state index is 0.881. The van der Waals surface area contributed by atoms with Gasteiger partial charge in [0.25, 0.3) is 0 Å². The summed E-state index contributed by atoms with van der Waals surface area (Å²) in [7, 11) is 1.71. The van der Waals surface area contributed by atoms with E-state index in [2.05, 4.69) is 65.6 Å². The Labute approximate surface area is 123 Å². The molecule has 0 atom stereocenters. The minimum Gasteiger partial charge on any atom is -0.497 e. The molecule has 2 nitrogen and oxygen atoms in total. The topological polar surface area (TPSA) is 25.0 Å². The van der Waals surface area contributed by atoms with Crippen LogP contribution in [0.1, 0.15) is 0 Å². The van der Waals surface area contributed by atoms with Gasteiger partial charge in [-0.3, -0.25) is 0 Å². The maximum Gasteiger partial charge on any atom is 0.120 e. The van der Waals surface area contributed by atoms with Crippen LogP contribution in [0.5, 0.6) is 5.75 Å². The van der Waals surface area contributed by atoms with Crippen molar-refractivity contribution in [3.63, 3.8) is 0 Å². The van der Waals surface area contributed by atoms with E-state index in [4.69, 9.17) is 4.74 Å². The monoisotopic (exact) mass is 273 g/mol. The number of nitrogens with one attached hydrogen (secondary N) is 1. The highest BCUT2D eigenvalue weighted by Crippen LogP contribution is 2.36. The van der Waals surface area contributed by atoms with Gasteiger partial charge in [0.1, 0.15) is 5.75 Å². The molecule has 0 saturated heterocycles. The first kappa shape index (κ1) is 12.0. The standard InChI is InChI=1S/C19H15NO/c1-21-14-11-16(13-7-3-2-4-8-13)19-17(12-14)15-9-5-6-10-18(15)20-19/h2-12,20H,1H3. The second-order valence-electron chi connectivity index (χ2n) is 5.13. The zero-order chi connectivity index (χ0) is 14.2. The zero-order valence-electron chi connectivity index (χ0n) is 11.8. The molecule has 0 radical (unpaired) electrons. The Morgan fingerprint density at radius 1 is 0.810 bits per heavy atom. The van der Waals surface area contributed by atoms with Gasteiger partial charge < -0.3 is 9.72 Å². The normalized spacial score (nSPS) is 11.1. The van der Waals surface area contributed by atoms with Crippen LogP contribution in [0.25, 0.3) is 32.9 Å². The fourth-order valence-electron chi connectivity index (χ4n) is 2.89. The number of benzene rings is 3. The van der Waals surface area contributed by atoms with E-state index >= 15 is 0 Å². The van der Waals surface area contributed by atoms with Crippen LogP contribution in [-0.2, 0) is 0 Å². The maximum absolute atomic E-state index is 5.49. The number of aromatic nitrogens is 1. The van der Waals surface area contributed by atoms with Gasteiger partial charge in [-0.05, 0) is 23.8 Å². The molecule has 0 aliphatic heterocycles. The third kappa shape index (κ3) is 1.88. The van der Waals surface area contributed by atoms with Gasteiger partial charge in [0, 0.05) is 21.9 Å². The Kier molecular flexibility index (Phi) is 2.68. The van der Waals surface area contributed by atoms with Crippen molar-refractivity contribution in [2.45, 2.75) is 0 Å².